The van der Waals surface area contributed by atoms with Gasteiger partial charge in [0.2, 0.25) is 10.0 Å². The molecule has 1 N–H and O–H groups in total. The Morgan fingerprint density at radius 2 is 2.04 bits per heavy atom. The summed E-state index contributed by atoms with van der Waals surface area (Å²) in [6.07, 6.45) is 0. The molecular weight excluding hydrogens is 350 g/mol. The Labute approximate surface area is 145 Å². The van der Waals surface area contributed by atoms with Crippen LogP contribution in [0, 0.1) is 17.0 Å². The number of nitrogens with zero attached hydrogens (tertiary/aromatic N) is 2. The Bertz CT molecular complexity index is 817. The highest BCUT2D eigenvalue weighted by atomic mass is 32.2. The SMILES string of the molecule is Cc1ccc([N+](=O)[O-])cc1S(=O)(=O)NCC(c1ccsc1)N(C)C. The van der Waals surface area contributed by atoms with Gasteiger partial charge in [-0.25, -0.2) is 13.1 Å². The lowest BCUT2D eigenvalue weighted by Crippen LogP contribution is -2.34. The molecule has 130 valence electrons. The van der Waals surface area contributed by atoms with Crippen LogP contribution in [0.15, 0.2) is 39.9 Å². The van der Waals surface area contributed by atoms with Crippen molar-refractivity contribution in [2.24, 2.45) is 0 Å². The van der Waals surface area contributed by atoms with Crippen molar-refractivity contribution in [1.82, 2.24) is 9.62 Å². The summed E-state index contributed by atoms with van der Waals surface area (Å²) in [5.74, 6) is 0. The molecule has 0 radical (unpaired) electrons. The quantitative estimate of drug-likeness (QED) is 0.598. The number of hydrogen-bond donors (Lipinski definition) is 1. The molecule has 0 aliphatic carbocycles. The first-order valence-corrected chi connectivity index (χ1v) is 9.58. The smallest absolute Gasteiger partial charge is 0.270 e. The molecule has 24 heavy (non-hydrogen) atoms. The van der Waals surface area contributed by atoms with Crippen LogP contribution in [0.1, 0.15) is 17.2 Å². The van der Waals surface area contributed by atoms with Crippen molar-refractivity contribution in [2.75, 3.05) is 20.6 Å². The van der Waals surface area contributed by atoms with Crippen LogP contribution in [0.2, 0.25) is 0 Å². The van der Waals surface area contributed by atoms with E-state index in [-0.39, 0.29) is 23.2 Å². The number of thiophene rings is 1. The zero-order valence-electron chi connectivity index (χ0n) is 13.6. The minimum atomic E-state index is -3.84. The van der Waals surface area contributed by atoms with Gasteiger partial charge < -0.3 is 4.90 Å². The van der Waals surface area contributed by atoms with Crippen LogP contribution in [0.4, 0.5) is 5.69 Å². The fraction of sp³-hybridized carbons (Fsp3) is 0.333. The summed E-state index contributed by atoms with van der Waals surface area (Å²) in [4.78, 5) is 12.1. The second-order valence-corrected chi connectivity index (χ2v) is 8.11. The number of likely N-dealkylation sites (N-methyl/N-ethyl adjacent to an activating group) is 1. The van der Waals surface area contributed by atoms with Crippen LogP contribution >= 0.6 is 11.3 Å². The van der Waals surface area contributed by atoms with Crippen LogP contribution < -0.4 is 4.72 Å². The predicted octanol–water partition coefficient (Wildman–Crippen LogP) is 2.55. The Hall–Kier alpha value is -1.81. The Morgan fingerprint density at radius 3 is 2.58 bits per heavy atom. The average Bonchev–Trinajstić information content (AvgIpc) is 3.01. The van der Waals surface area contributed by atoms with Gasteiger partial charge in [0.15, 0.2) is 0 Å². The van der Waals surface area contributed by atoms with Crippen LogP contribution in [-0.4, -0.2) is 38.9 Å². The zero-order chi connectivity index (χ0) is 17.9. The molecule has 1 atom stereocenters. The maximum Gasteiger partial charge on any atom is 0.270 e. The summed E-state index contributed by atoms with van der Waals surface area (Å²) in [6.45, 7) is 1.79. The van der Waals surface area contributed by atoms with Gasteiger partial charge in [-0.3, -0.25) is 10.1 Å². The largest absolute Gasteiger partial charge is 0.301 e. The van der Waals surface area contributed by atoms with Gasteiger partial charge in [0.05, 0.1) is 9.82 Å². The Balaban J connectivity index is 2.25. The van der Waals surface area contributed by atoms with Crippen molar-refractivity contribution >= 4 is 27.0 Å². The van der Waals surface area contributed by atoms with E-state index in [4.69, 9.17) is 0 Å². The second-order valence-electron chi connectivity index (χ2n) is 5.59. The molecule has 1 unspecified atom stereocenters. The number of rotatable bonds is 7. The van der Waals surface area contributed by atoms with Crippen LogP contribution in [0.25, 0.3) is 0 Å². The van der Waals surface area contributed by atoms with Crippen molar-refractivity contribution in [3.05, 3.63) is 56.3 Å². The molecule has 1 aromatic carbocycles. The van der Waals surface area contributed by atoms with Crippen molar-refractivity contribution < 1.29 is 13.3 Å². The first-order valence-electron chi connectivity index (χ1n) is 7.15. The number of nitrogens with one attached hydrogen (secondary N) is 1. The molecule has 0 fully saturated rings. The second kappa shape index (κ2) is 7.39. The van der Waals surface area contributed by atoms with Crippen LogP contribution in [0.3, 0.4) is 0 Å². The molecule has 0 saturated carbocycles. The summed E-state index contributed by atoms with van der Waals surface area (Å²) in [5, 5.41) is 14.8. The molecule has 9 heteroatoms. The highest BCUT2D eigenvalue weighted by Gasteiger charge is 2.23. The lowest BCUT2D eigenvalue weighted by molar-refractivity contribution is -0.385. The fourth-order valence-electron chi connectivity index (χ4n) is 2.32. The third kappa shape index (κ3) is 4.18. The van der Waals surface area contributed by atoms with E-state index >= 15 is 0 Å². The summed E-state index contributed by atoms with van der Waals surface area (Å²) in [5.41, 5.74) is 1.23. The van der Waals surface area contributed by atoms with E-state index < -0.39 is 14.9 Å². The highest BCUT2D eigenvalue weighted by Crippen LogP contribution is 2.24. The van der Waals surface area contributed by atoms with Gasteiger partial charge in [0, 0.05) is 24.7 Å². The molecule has 0 amide bonds. The monoisotopic (exact) mass is 369 g/mol. The van der Waals surface area contributed by atoms with Gasteiger partial charge in [-0.1, -0.05) is 6.07 Å². The van der Waals surface area contributed by atoms with E-state index in [1.54, 1.807) is 18.3 Å². The number of benzene rings is 1. The number of nitro benzene ring substituents is 1. The van der Waals surface area contributed by atoms with Gasteiger partial charge in [-0.2, -0.15) is 11.3 Å². The first kappa shape index (κ1) is 18.5. The van der Waals surface area contributed by atoms with Gasteiger partial charge >= 0.3 is 0 Å². The Morgan fingerprint density at radius 1 is 1.33 bits per heavy atom. The van der Waals surface area contributed by atoms with E-state index in [1.807, 2.05) is 35.8 Å². The number of non-ortho nitro benzene ring substituents is 1. The molecule has 0 saturated heterocycles. The lowest BCUT2D eigenvalue weighted by Gasteiger charge is -2.24. The predicted molar refractivity (Wildman–Crippen MR) is 93.8 cm³/mol. The van der Waals surface area contributed by atoms with Gasteiger partial charge in [0.1, 0.15) is 0 Å². The minimum absolute atomic E-state index is 0.0699. The van der Waals surface area contributed by atoms with Crippen molar-refractivity contribution in [3.63, 3.8) is 0 Å². The van der Waals surface area contributed by atoms with Gasteiger partial charge in [-0.15, -0.1) is 0 Å². The summed E-state index contributed by atoms with van der Waals surface area (Å²) in [7, 11) is -0.104. The highest BCUT2D eigenvalue weighted by molar-refractivity contribution is 7.89. The molecule has 1 aromatic heterocycles. The van der Waals surface area contributed by atoms with Crippen molar-refractivity contribution in [3.8, 4) is 0 Å². The molecule has 0 bridgehead atoms. The van der Waals surface area contributed by atoms with E-state index in [9.17, 15) is 18.5 Å². The molecular formula is C15H19N3O4S2. The third-order valence-corrected chi connectivity index (χ3v) is 5.96. The summed E-state index contributed by atoms with van der Waals surface area (Å²) >= 11 is 1.54. The normalized spacial score (nSPS) is 13.2. The fourth-order valence-corrected chi connectivity index (χ4v) is 4.33. The minimum Gasteiger partial charge on any atom is -0.301 e. The first-order chi connectivity index (χ1) is 11.2. The molecule has 1 heterocycles. The van der Waals surface area contributed by atoms with Gasteiger partial charge in [0.25, 0.3) is 5.69 Å². The van der Waals surface area contributed by atoms with Crippen molar-refractivity contribution in [2.45, 2.75) is 17.9 Å². The van der Waals surface area contributed by atoms with E-state index in [0.717, 1.165) is 11.6 Å². The van der Waals surface area contributed by atoms with E-state index in [1.165, 1.54) is 12.1 Å². The topological polar surface area (TPSA) is 92.5 Å². The maximum absolute atomic E-state index is 12.6. The van der Waals surface area contributed by atoms with Gasteiger partial charge in [-0.05, 0) is 49.0 Å². The lowest BCUT2D eigenvalue weighted by atomic mass is 10.1. The number of nitro groups is 1. The molecule has 7 nitrogen and oxygen atoms in total. The van der Waals surface area contributed by atoms with Crippen molar-refractivity contribution in [1.29, 1.82) is 0 Å². The summed E-state index contributed by atoms with van der Waals surface area (Å²) in [6, 6.07) is 5.65. The maximum atomic E-state index is 12.6. The number of hydrogen-bond acceptors (Lipinski definition) is 6. The standard InChI is InChI=1S/C15H19N3O4S2/c1-11-4-5-13(18(19)20)8-15(11)24(21,22)16-9-14(17(2)3)12-6-7-23-10-12/h4-8,10,14,16H,9H2,1-3H3. The average molecular weight is 369 g/mol. The van der Waals surface area contributed by atoms with E-state index in [0.29, 0.717) is 5.56 Å². The molecule has 0 spiro atoms. The summed E-state index contributed by atoms with van der Waals surface area (Å²) < 4.78 is 27.7. The Kier molecular flexibility index (Phi) is 5.70. The van der Waals surface area contributed by atoms with Crippen LogP contribution in [0.5, 0.6) is 0 Å². The molecule has 0 aliphatic heterocycles. The molecule has 2 aromatic rings. The third-order valence-electron chi connectivity index (χ3n) is 3.69. The zero-order valence-corrected chi connectivity index (χ0v) is 15.2. The molecule has 0 aliphatic rings. The van der Waals surface area contributed by atoms with E-state index in [2.05, 4.69) is 4.72 Å². The van der Waals surface area contributed by atoms with Crippen LogP contribution in [-0.2, 0) is 10.0 Å². The number of sulfonamides is 1. The molecule has 2 rings (SSSR count). The number of aryl methyl sites for hydroxylation is 1.